The van der Waals surface area contributed by atoms with Crippen LogP contribution in [-0.2, 0) is 4.79 Å². The Balaban J connectivity index is 2.01. The summed E-state index contributed by atoms with van der Waals surface area (Å²) in [5.74, 6) is 0.00416. The fourth-order valence-electron chi connectivity index (χ4n) is 1.68. The molecule has 0 radical (unpaired) electrons. The van der Waals surface area contributed by atoms with Crippen molar-refractivity contribution in [3.63, 3.8) is 0 Å². The van der Waals surface area contributed by atoms with Gasteiger partial charge in [-0.25, -0.2) is 0 Å². The molecular weight excluding hydrogens is 217 g/mol. The van der Waals surface area contributed by atoms with Gasteiger partial charge in [-0.1, -0.05) is 26.0 Å². The van der Waals surface area contributed by atoms with Gasteiger partial charge in [-0.05, 0) is 30.5 Å². The second-order valence-electron chi connectivity index (χ2n) is 5.19. The van der Waals surface area contributed by atoms with Crippen molar-refractivity contribution in [3.8, 4) is 0 Å². The first kappa shape index (κ1) is 12.1. The van der Waals surface area contributed by atoms with Gasteiger partial charge in [-0.2, -0.15) is 0 Å². The Morgan fingerprint density at radius 3 is 2.47 bits per heavy atom. The van der Waals surface area contributed by atoms with E-state index in [1.54, 1.807) is 0 Å². The van der Waals surface area contributed by atoms with Crippen molar-refractivity contribution in [2.75, 3.05) is 12.0 Å². The van der Waals surface area contributed by atoms with E-state index in [2.05, 4.69) is 5.32 Å². The molecule has 1 saturated carbocycles. The number of carbonyl (C=O) groups is 1. The molecule has 1 fully saturated rings. The van der Waals surface area contributed by atoms with Crippen LogP contribution in [0.4, 0.5) is 10.1 Å². The average Bonchev–Trinajstić information content (AvgIpc) is 3.09. The maximum Gasteiger partial charge on any atom is 0.230 e. The molecule has 1 aliphatic carbocycles. The van der Waals surface area contributed by atoms with E-state index in [-0.39, 0.29) is 23.9 Å². The smallest absolute Gasteiger partial charge is 0.230 e. The monoisotopic (exact) mass is 235 g/mol. The lowest BCUT2D eigenvalue weighted by molar-refractivity contribution is -0.120. The van der Waals surface area contributed by atoms with Crippen LogP contribution in [0.2, 0.25) is 0 Å². The van der Waals surface area contributed by atoms with E-state index in [0.29, 0.717) is 0 Å². The van der Waals surface area contributed by atoms with Gasteiger partial charge in [0.25, 0.3) is 0 Å². The van der Waals surface area contributed by atoms with Crippen molar-refractivity contribution >= 4 is 11.6 Å². The molecule has 2 nitrogen and oxygen atoms in total. The minimum absolute atomic E-state index is 0.0827. The highest BCUT2D eigenvalue weighted by atomic mass is 19.1. The summed E-state index contributed by atoms with van der Waals surface area (Å²) in [5, 5.41) is 2.90. The van der Waals surface area contributed by atoms with Gasteiger partial charge in [-0.3, -0.25) is 9.18 Å². The molecular formula is C14H18FNO. The third kappa shape index (κ3) is 2.65. The molecule has 92 valence electrons. The number of carbonyl (C=O) groups excluding carboxylic acids is 1. The average molecular weight is 235 g/mol. The largest absolute Gasteiger partial charge is 0.326 e. The molecule has 1 atom stereocenters. The molecule has 1 aromatic rings. The first-order valence-electron chi connectivity index (χ1n) is 6.02. The normalized spacial score (nSPS) is 18.5. The van der Waals surface area contributed by atoms with Crippen LogP contribution in [0, 0.1) is 5.41 Å². The summed E-state index contributed by atoms with van der Waals surface area (Å²) in [4.78, 5) is 11.8. The minimum Gasteiger partial charge on any atom is -0.326 e. The van der Waals surface area contributed by atoms with E-state index >= 15 is 0 Å². The summed E-state index contributed by atoms with van der Waals surface area (Å²) in [5.41, 5.74) is 1.59. The van der Waals surface area contributed by atoms with Crippen molar-refractivity contribution in [1.82, 2.24) is 0 Å². The number of rotatable bonds is 4. The van der Waals surface area contributed by atoms with Crippen LogP contribution in [0.15, 0.2) is 24.3 Å². The van der Waals surface area contributed by atoms with Gasteiger partial charge in [0, 0.05) is 17.0 Å². The third-order valence-electron chi connectivity index (χ3n) is 3.52. The van der Waals surface area contributed by atoms with Crippen LogP contribution >= 0.6 is 0 Å². The van der Waals surface area contributed by atoms with Gasteiger partial charge in [0.05, 0.1) is 6.67 Å². The van der Waals surface area contributed by atoms with Crippen LogP contribution in [-0.4, -0.2) is 12.6 Å². The van der Waals surface area contributed by atoms with Crippen LogP contribution in [0.3, 0.4) is 0 Å². The number of anilines is 1. The number of alkyl halides is 1. The van der Waals surface area contributed by atoms with E-state index < -0.39 is 0 Å². The molecule has 0 aromatic heterocycles. The van der Waals surface area contributed by atoms with Gasteiger partial charge in [0.2, 0.25) is 5.91 Å². The zero-order valence-electron chi connectivity index (χ0n) is 10.3. The molecule has 3 heteroatoms. The molecule has 1 N–H and O–H groups in total. The molecule has 1 aliphatic rings. The SMILES string of the molecule is CC(CF)c1ccc(NC(=O)C2(C)CC2)cc1. The zero-order valence-corrected chi connectivity index (χ0v) is 10.3. The second kappa shape index (κ2) is 4.47. The number of halogens is 1. The fourth-order valence-corrected chi connectivity index (χ4v) is 1.68. The molecule has 1 unspecified atom stereocenters. The predicted molar refractivity (Wildman–Crippen MR) is 66.8 cm³/mol. The van der Waals surface area contributed by atoms with Gasteiger partial charge in [0.15, 0.2) is 0 Å². The van der Waals surface area contributed by atoms with Gasteiger partial charge in [0.1, 0.15) is 0 Å². The highest BCUT2D eigenvalue weighted by Crippen LogP contribution is 2.45. The van der Waals surface area contributed by atoms with E-state index in [4.69, 9.17) is 0 Å². The summed E-state index contributed by atoms with van der Waals surface area (Å²) in [6, 6.07) is 7.42. The summed E-state index contributed by atoms with van der Waals surface area (Å²) in [6.45, 7) is 3.46. The lowest BCUT2D eigenvalue weighted by Gasteiger charge is -2.11. The van der Waals surface area contributed by atoms with Crippen molar-refractivity contribution in [2.45, 2.75) is 32.6 Å². The molecule has 17 heavy (non-hydrogen) atoms. The zero-order chi connectivity index (χ0) is 12.5. The Morgan fingerprint density at radius 2 is 2.00 bits per heavy atom. The van der Waals surface area contributed by atoms with Crippen molar-refractivity contribution < 1.29 is 9.18 Å². The predicted octanol–water partition coefficient (Wildman–Crippen LogP) is 3.50. The van der Waals surface area contributed by atoms with Crippen LogP contribution in [0.5, 0.6) is 0 Å². The Kier molecular flexibility index (Phi) is 3.18. The Bertz CT molecular complexity index is 409. The second-order valence-corrected chi connectivity index (χ2v) is 5.19. The van der Waals surface area contributed by atoms with E-state index in [0.717, 1.165) is 24.1 Å². The highest BCUT2D eigenvalue weighted by Gasteiger charge is 2.44. The molecule has 0 saturated heterocycles. The third-order valence-corrected chi connectivity index (χ3v) is 3.52. The van der Waals surface area contributed by atoms with Crippen LogP contribution < -0.4 is 5.32 Å². The Morgan fingerprint density at radius 1 is 1.41 bits per heavy atom. The molecule has 0 aliphatic heterocycles. The molecule has 0 bridgehead atoms. The number of hydrogen-bond acceptors (Lipinski definition) is 1. The fraction of sp³-hybridized carbons (Fsp3) is 0.500. The summed E-state index contributed by atoms with van der Waals surface area (Å²) >= 11 is 0. The minimum atomic E-state index is -0.357. The molecule has 2 rings (SSSR count). The first-order chi connectivity index (χ1) is 8.05. The van der Waals surface area contributed by atoms with Gasteiger partial charge >= 0.3 is 0 Å². The summed E-state index contributed by atoms with van der Waals surface area (Å²) in [7, 11) is 0. The maximum atomic E-state index is 12.5. The van der Waals surface area contributed by atoms with E-state index in [9.17, 15) is 9.18 Å². The van der Waals surface area contributed by atoms with Gasteiger partial charge in [-0.15, -0.1) is 0 Å². The van der Waals surface area contributed by atoms with E-state index in [1.165, 1.54) is 0 Å². The van der Waals surface area contributed by atoms with Crippen molar-refractivity contribution in [3.05, 3.63) is 29.8 Å². The number of nitrogens with one attached hydrogen (secondary N) is 1. The van der Waals surface area contributed by atoms with Crippen LogP contribution in [0.1, 0.15) is 38.2 Å². The van der Waals surface area contributed by atoms with Crippen LogP contribution in [0.25, 0.3) is 0 Å². The van der Waals surface area contributed by atoms with Crippen molar-refractivity contribution in [1.29, 1.82) is 0 Å². The Hall–Kier alpha value is -1.38. The quantitative estimate of drug-likeness (QED) is 0.850. The lowest BCUT2D eigenvalue weighted by atomic mass is 10.0. The highest BCUT2D eigenvalue weighted by molar-refractivity contribution is 5.96. The van der Waals surface area contributed by atoms with Crippen molar-refractivity contribution in [2.24, 2.45) is 5.41 Å². The summed E-state index contributed by atoms with van der Waals surface area (Å²) in [6.07, 6.45) is 1.94. The standard InChI is InChI=1S/C14H18FNO/c1-10(9-15)11-3-5-12(6-4-11)16-13(17)14(2)7-8-14/h3-6,10H,7-9H2,1-2H3,(H,16,17). The molecule has 1 amide bonds. The maximum absolute atomic E-state index is 12.5. The molecule has 0 heterocycles. The lowest BCUT2D eigenvalue weighted by Crippen LogP contribution is -2.21. The van der Waals surface area contributed by atoms with Gasteiger partial charge < -0.3 is 5.32 Å². The molecule has 0 spiro atoms. The molecule has 1 aromatic carbocycles. The van der Waals surface area contributed by atoms with E-state index in [1.807, 2.05) is 38.1 Å². The summed E-state index contributed by atoms with van der Waals surface area (Å²) < 4.78 is 12.5. The number of amides is 1. The topological polar surface area (TPSA) is 29.1 Å². The first-order valence-corrected chi connectivity index (χ1v) is 6.02. The number of hydrogen-bond donors (Lipinski definition) is 1. The number of benzene rings is 1. The Labute approximate surface area is 101 Å².